The highest BCUT2D eigenvalue weighted by atomic mass is 35.5. The van der Waals surface area contributed by atoms with E-state index < -0.39 is 0 Å². The van der Waals surface area contributed by atoms with Crippen molar-refractivity contribution in [1.82, 2.24) is 9.97 Å². The second-order valence-corrected chi connectivity index (χ2v) is 7.18. The van der Waals surface area contributed by atoms with Gasteiger partial charge >= 0.3 is 0 Å². The van der Waals surface area contributed by atoms with E-state index in [0.717, 1.165) is 43.8 Å². The first-order chi connectivity index (χ1) is 13.8. The van der Waals surface area contributed by atoms with Gasteiger partial charge in [0.1, 0.15) is 5.58 Å². The van der Waals surface area contributed by atoms with Gasteiger partial charge in [0.25, 0.3) is 0 Å². The zero-order chi connectivity index (χ0) is 18.7. The third kappa shape index (κ3) is 2.23. The van der Waals surface area contributed by atoms with E-state index >= 15 is 0 Å². The van der Waals surface area contributed by atoms with Crippen molar-refractivity contribution in [2.75, 3.05) is 0 Å². The Labute approximate surface area is 165 Å². The predicted octanol–water partition coefficient (Wildman–Crippen LogP) is 7.00. The van der Waals surface area contributed by atoms with Crippen LogP contribution in [-0.4, -0.2) is 9.97 Å². The molecule has 0 aliphatic carbocycles. The van der Waals surface area contributed by atoms with Gasteiger partial charge in [-0.2, -0.15) is 4.98 Å². The summed E-state index contributed by atoms with van der Waals surface area (Å²) in [6.45, 7) is 0. The van der Waals surface area contributed by atoms with Gasteiger partial charge in [-0.05, 0) is 45.3 Å². The van der Waals surface area contributed by atoms with Crippen molar-refractivity contribution in [2.45, 2.75) is 0 Å². The molecule has 132 valence electrons. The lowest BCUT2D eigenvalue weighted by Crippen LogP contribution is -1.90. The maximum Gasteiger partial charge on any atom is 0.232 e. The number of hydrogen-bond acceptors (Lipinski definition) is 3. The monoisotopic (exact) mass is 380 g/mol. The molecule has 6 aromatic rings. The largest absolute Gasteiger partial charge is 0.437 e. The molecule has 4 aromatic carbocycles. The Morgan fingerprint density at radius 1 is 0.679 bits per heavy atom. The van der Waals surface area contributed by atoms with Gasteiger partial charge in [0, 0.05) is 10.9 Å². The van der Waals surface area contributed by atoms with Crippen LogP contribution >= 0.6 is 11.6 Å². The maximum absolute atomic E-state index is 6.26. The second-order valence-electron chi connectivity index (χ2n) is 6.85. The summed E-state index contributed by atoms with van der Waals surface area (Å²) in [4.78, 5) is 8.96. The smallest absolute Gasteiger partial charge is 0.232 e. The zero-order valence-corrected chi connectivity index (χ0v) is 15.4. The van der Waals surface area contributed by atoms with Crippen LogP contribution in [0, 0.1) is 0 Å². The second kappa shape index (κ2) is 5.78. The van der Waals surface area contributed by atoms with Crippen LogP contribution < -0.4 is 0 Å². The molecule has 0 aliphatic heterocycles. The maximum atomic E-state index is 6.26. The summed E-state index contributed by atoms with van der Waals surface area (Å²) in [6.07, 6.45) is 0. The first-order valence-corrected chi connectivity index (χ1v) is 9.42. The van der Waals surface area contributed by atoms with Crippen LogP contribution in [0.1, 0.15) is 0 Å². The third-order valence-corrected chi connectivity index (χ3v) is 5.39. The van der Waals surface area contributed by atoms with Crippen molar-refractivity contribution >= 4 is 55.2 Å². The topological polar surface area (TPSA) is 38.9 Å². The average molecular weight is 381 g/mol. The fourth-order valence-corrected chi connectivity index (χ4v) is 4.12. The molecule has 0 aliphatic rings. The van der Waals surface area contributed by atoms with Gasteiger partial charge in [0.2, 0.25) is 11.0 Å². The molecule has 0 radical (unpaired) electrons. The lowest BCUT2D eigenvalue weighted by atomic mass is 10.00. The minimum absolute atomic E-state index is 0.180. The molecule has 2 heterocycles. The molecule has 0 bridgehead atoms. The quantitative estimate of drug-likeness (QED) is 0.288. The van der Waals surface area contributed by atoms with Crippen LogP contribution in [0.25, 0.3) is 54.9 Å². The van der Waals surface area contributed by atoms with Crippen LogP contribution in [0.2, 0.25) is 5.28 Å². The van der Waals surface area contributed by atoms with Crippen LogP contribution in [0.3, 0.4) is 0 Å². The standard InChI is InChI=1S/C24H13ClN2O/c25-24-26-22(17-10-9-14-5-1-2-7-16(14)13-17)21-20-18-8-4-3-6-15(18)11-12-19(20)28-23(21)27-24/h1-13H. The Kier molecular flexibility index (Phi) is 3.22. The van der Waals surface area contributed by atoms with Crippen molar-refractivity contribution in [3.63, 3.8) is 0 Å². The Hall–Kier alpha value is -3.43. The van der Waals surface area contributed by atoms with Crippen molar-refractivity contribution in [3.05, 3.63) is 84.1 Å². The molecule has 2 aromatic heterocycles. The van der Waals surface area contributed by atoms with Gasteiger partial charge in [-0.25, -0.2) is 4.98 Å². The van der Waals surface area contributed by atoms with E-state index in [4.69, 9.17) is 16.0 Å². The Morgan fingerprint density at radius 2 is 1.43 bits per heavy atom. The van der Waals surface area contributed by atoms with Crippen LogP contribution in [0.15, 0.2) is 83.3 Å². The summed E-state index contributed by atoms with van der Waals surface area (Å²) in [5.74, 6) is 0. The highest BCUT2D eigenvalue weighted by Gasteiger charge is 2.18. The number of fused-ring (bicyclic) bond motifs is 6. The Balaban J connectivity index is 1.79. The molecule has 0 fully saturated rings. The molecule has 4 heteroatoms. The van der Waals surface area contributed by atoms with Crippen molar-refractivity contribution in [1.29, 1.82) is 0 Å². The molecule has 3 nitrogen and oxygen atoms in total. The van der Waals surface area contributed by atoms with Gasteiger partial charge in [0.15, 0.2) is 0 Å². The summed E-state index contributed by atoms with van der Waals surface area (Å²) >= 11 is 6.26. The molecule has 0 unspecified atom stereocenters. The van der Waals surface area contributed by atoms with E-state index in [1.807, 2.05) is 30.3 Å². The van der Waals surface area contributed by atoms with E-state index in [0.29, 0.717) is 5.71 Å². The third-order valence-electron chi connectivity index (χ3n) is 5.22. The van der Waals surface area contributed by atoms with Crippen LogP contribution in [-0.2, 0) is 0 Å². The molecular formula is C24H13ClN2O. The normalized spacial score (nSPS) is 11.8. The minimum atomic E-state index is 0.180. The number of hydrogen-bond donors (Lipinski definition) is 0. The van der Waals surface area contributed by atoms with Gasteiger partial charge in [-0.3, -0.25) is 0 Å². The minimum Gasteiger partial charge on any atom is -0.437 e. The van der Waals surface area contributed by atoms with E-state index in [1.54, 1.807) is 0 Å². The van der Waals surface area contributed by atoms with E-state index in [-0.39, 0.29) is 5.28 Å². The Bertz CT molecular complexity index is 1530. The summed E-state index contributed by atoms with van der Waals surface area (Å²) in [5.41, 5.74) is 3.07. The summed E-state index contributed by atoms with van der Waals surface area (Å²) in [7, 11) is 0. The lowest BCUT2D eigenvalue weighted by molar-refractivity contribution is 0.653. The van der Waals surface area contributed by atoms with Gasteiger partial charge in [-0.1, -0.05) is 66.7 Å². The number of rotatable bonds is 1. The Morgan fingerprint density at radius 3 is 2.32 bits per heavy atom. The zero-order valence-electron chi connectivity index (χ0n) is 14.7. The predicted molar refractivity (Wildman–Crippen MR) is 115 cm³/mol. The molecule has 0 N–H and O–H groups in total. The number of benzene rings is 4. The molecular weight excluding hydrogens is 368 g/mol. The highest BCUT2D eigenvalue weighted by molar-refractivity contribution is 6.29. The molecule has 0 amide bonds. The molecule has 0 spiro atoms. The van der Waals surface area contributed by atoms with Crippen molar-refractivity contribution in [2.24, 2.45) is 0 Å². The number of halogens is 1. The van der Waals surface area contributed by atoms with E-state index in [1.165, 1.54) is 5.39 Å². The van der Waals surface area contributed by atoms with E-state index in [9.17, 15) is 0 Å². The fraction of sp³-hybridized carbons (Fsp3) is 0. The number of furan rings is 1. The summed E-state index contributed by atoms with van der Waals surface area (Å²) in [6, 6.07) is 26.9. The van der Waals surface area contributed by atoms with Gasteiger partial charge in [-0.15, -0.1) is 0 Å². The van der Waals surface area contributed by atoms with E-state index in [2.05, 4.69) is 58.5 Å². The number of aromatic nitrogens is 2. The van der Waals surface area contributed by atoms with Crippen LogP contribution in [0.4, 0.5) is 0 Å². The molecule has 0 saturated heterocycles. The van der Waals surface area contributed by atoms with Gasteiger partial charge in [0.05, 0.1) is 11.1 Å². The molecule has 28 heavy (non-hydrogen) atoms. The first-order valence-electron chi connectivity index (χ1n) is 9.05. The SMILES string of the molecule is Clc1nc(-c2ccc3ccccc3c2)c2c(n1)oc1ccc3ccccc3c12. The lowest BCUT2D eigenvalue weighted by Gasteiger charge is -2.06. The molecule has 0 atom stereocenters. The first kappa shape index (κ1) is 15.6. The molecule has 6 rings (SSSR count). The fourth-order valence-electron chi connectivity index (χ4n) is 3.96. The van der Waals surface area contributed by atoms with Gasteiger partial charge < -0.3 is 4.42 Å². The molecule has 0 saturated carbocycles. The van der Waals surface area contributed by atoms with Crippen molar-refractivity contribution < 1.29 is 4.42 Å². The highest BCUT2D eigenvalue weighted by Crippen LogP contribution is 2.39. The summed E-state index contributed by atoms with van der Waals surface area (Å²) in [5, 5.41) is 6.70. The average Bonchev–Trinajstić information content (AvgIpc) is 3.11. The number of nitrogens with zero attached hydrogens (tertiary/aromatic N) is 2. The van der Waals surface area contributed by atoms with Crippen LogP contribution in [0.5, 0.6) is 0 Å². The van der Waals surface area contributed by atoms with Crippen molar-refractivity contribution in [3.8, 4) is 11.3 Å². The summed E-state index contributed by atoms with van der Waals surface area (Å²) < 4.78 is 6.06.